The van der Waals surface area contributed by atoms with Crippen molar-refractivity contribution in [3.8, 4) is 0 Å². The molecule has 2 rings (SSSR count). The molecule has 0 saturated heterocycles. The molecule has 0 atom stereocenters. The van der Waals surface area contributed by atoms with Gasteiger partial charge in [-0.3, -0.25) is 0 Å². The predicted octanol–water partition coefficient (Wildman–Crippen LogP) is 3.21. The zero-order chi connectivity index (χ0) is 12.1. The Balaban J connectivity index is 2.37. The fraction of sp³-hybridized carbons (Fsp3) is 0.154. The Hall–Kier alpha value is -2.10. The molecule has 0 aliphatic heterocycles. The molecule has 0 aliphatic carbocycles. The minimum Gasteiger partial charge on any atom is -0.463 e. The van der Waals surface area contributed by atoms with E-state index >= 15 is 0 Å². The van der Waals surface area contributed by atoms with E-state index in [-0.39, 0.29) is 5.82 Å². The summed E-state index contributed by atoms with van der Waals surface area (Å²) in [5, 5.41) is 3.99. The molecule has 1 aromatic carbocycles. The average molecular weight is 233 g/mol. The van der Waals surface area contributed by atoms with Crippen LogP contribution in [0.25, 0.3) is 0 Å². The first-order valence-corrected chi connectivity index (χ1v) is 5.31. The summed E-state index contributed by atoms with van der Waals surface area (Å²) in [5.41, 5.74) is 1.30. The van der Waals surface area contributed by atoms with E-state index in [1.54, 1.807) is 30.5 Å². The number of hydrogen-bond acceptors (Lipinski definition) is 3. The molecule has 1 aromatic heterocycles. The molecule has 0 saturated carbocycles. The van der Waals surface area contributed by atoms with Gasteiger partial charge in [-0.15, -0.1) is 0 Å². The van der Waals surface area contributed by atoms with E-state index in [1.807, 2.05) is 6.92 Å². The first-order chi connectivity index (χ1) is 8.31. The minimum absolute atomic E-state index is 0.288. The number of oxime groups is 1. The summed E-state index contributed by atoms with van der Waals surface area (Å²) >= 11 is 0. The molecule has 0 N–H and O–H groups in total. The van der Waals surface area contributed by atoms with E-state index in [4.69, 9.17) is 9.25 Å². The lowest BCUT2D eigenvalue weighted by atomic mass is 10.1. The first kappa shape index (κ1) is 11.4. The predicted molar refractivity (Wildman–Crippen MR) is 62.4 cm³/mol. The minimum atomic E-state index is -0.288. The Labute approximate surface area is 98.5 Å². The van der Waals surface area contributed by atoms with Crippen molar-refractivity contribution >= 4 is 5.71 Å². The lowest BCUT2D eigenvalue weighted by Gasteiger charge is -2.03. The fourth-order valence-corrected chi connectivity index (χ4v) is 1.39. The van der Waals surface area contributed by atoms with E-state index < -0.39 is 0 Å². The van der Waals surface area contributed by atoms with Gasteiger partial charge in [0.25, 0.3) is 0 Å². The second-order valence-electron chi connectivity index (χ2n) is 3.34. The van der Waals surface area contributed by atoms with Gasteiger partial charge in [-0.2, -0.15) is 0 Å². The van der Waals surface area contributed by atoms with Crippen molar-refractivity contribution < 1.29 is 13.6 Å². The maximum Gasteiger partial charge on any atom is 0.156 e. The summed E-state index contributed by atoms with van der Waals surface area (Å²) in [6.45, 7) is 2.30. The number of furan rings is 1. The van der Waals surface area contributed by atoms with E-state index in [1.165, 1.54) is 12.1 Å². The second kappa shape index (κ2) is 5.30. The molecule has 1 heterocycles. The van der Waals surface area contributed by atoms with Gasteiger partial charge in [0.15, 0.2) is 11.5 Å². The number of rotatable bonds is 4. The smallest absolute Gasteiger partial charge is 0.156 e. The highest BCUT2D eigenvalue weighted by Gasteiger charge is 2.10. The van der Waals surface area contributed by atoms with E-state index in [2.05, 4.69) is 5.16 Å². The van der Waals surface area contributed by atoms with Gasteiger partial charge in [0.05, 0.1) is 6.26 Å². The van der Waals surface area contributed by atoms with Crippen LogP contribution in [0, 0.1) is 5.82 Å². The molecule has 2 aromatic rings. The molecule has 4 heteroatoms. The van der Waals surface area contributed by atoms with Gasteiger partial charge in [-0.25, -0.2) is 4.39 Å². The largest absolute Gasteiger partial charge is 0.463 e. The molecular formula is C13H12FNO2. The van der Waals surface area contributed by atoms with Crippen LogP contribution >= 0.6 is 0 Å². The van der Waals surface area contributed by atoms with Gasteiger partial charge in [-0.1, -0.05) is 5.16 Å². The van der Waals surface area contributed by atoms with E-state index in [9.17, 15) is 4.39 Å². The van der Waals surface area contributed by atoms with Gasteiger partial charge in [0.2, 0.25) is 0 Å². The molecule has 0 aliphatic rings. The summed E-state index contributed by atoms with van der Waals surface area (Å²) in [6, 6.07) is 9.56. The van der Waals surface area contributed by atoms with Crippen molar-refractivity contribution in [2.24, 2.45) is 5.16 Å². The molecule has 0 fully saturated rings. The van der Waals surface area contributed by atoms with Crippen LogP contribution in [0.5, 0.6) is 0 Å². The van der Waals surface area contributed by atoms with Crippen molar-refractivity contribution in [2.45, 2.75) is 6.92 Å². The summed E-state index contributed by atoms with van der Waals surface area (Å²) in [4.78, 5) is 5.04. The zero-order valence-electron chi connectivity index (χ0n) is 9.39. The highest BCUT2D eigenvalue weighted by Crippen LogP contribution is 2.12. The Bertz CT molecular complexity index is 489. The summed E-state index contributed by atoms with van der Waals surface area (Å²) < 4.78 is 18.1. The third-order valence-corrected chi connectivity index (χ3v) is 2.16. The van der Waals surface area contributed by atoms with Gasteiger partial charge in [-0.05, 0) is 43.3 Å². The van der Waals surface area contributed by atoms with Crippen LogP contribution in [0.15, 0.2) is 52.2 Å². The molecule has 0 unspecified atom stereocenters. The monoisotopic (exact) mass is 233 g/mol. The third kappa shape index (κ3) is 2.72. The Morgan fingerprint density at radius 1 is 1.29 bits per heavy atom. The van der Waals surface area contributed by atoms with Crippen LogP contribution in [0.4, 0.5) is 4.39 Å². The standard InChI is InChI=1S/C13H12FNO2/c1-2-17-15-13(12-4-3-9-16-12)10-5-7-11(14)8-6-10/h3-9H,2H2,1H3/b15-13-. The summed E-state index contributed by atoms with van der Waals surface area (Å²) in [6.07, 6.45) is 1.56. The van der Waals surface area contributed by atoms with Crippen molar-refractivity contribution in [1.82, 2.24) is 0 Å². The molecule has 0 bridgehead atoms. The van der Waals surface area contributed by atoms with Gasteiger partial charge >= 0.3 is 0 Å². The van der Waals surface area contributed by atoms with Crippen molar-refractivity contribution in [3.05, 3.63) is 59.8 Å². The number of nitrogens with zero attached hydrogens (tertiary/aromatic N) is 1. The first-order valence-electron chi connectivity index (χ1n) is 5.31. The molecule has 3 nitrogen and oxygen atoms in total. The molecule has 17 heavy (non-hydrogen) atoms. The lowest BCUT2D eigenvalue weighted by Crippen LogP contribution is -2.03. The van der Waals surface area contributed by atoms with E-state index in [0.29, 0.717) is 18.1 Å². The SMILES string of the molecule is CCO/N=C(/c1ccc(F)cc1)c1ccco1. The summed E-state index contributed by atoms with van der Waals surface area (Å²) in [5.74, 6) is 0.300. The van der Waals surface area contributed by atoms with Crippen molar-refractivity contribution in [1.29, 1.82) is 0 Å². The zero-order valence-corrected chi connectivity index (χ0v) is 9.39. The van der Waals surface area contributed by atoms with Crippen LogP contribution in [0.3, 0.4) is 0 Å². The fourth-order valence-electron chi connectivity index (χ4n) is 1.39. The quantitative estimate of drug-likeness (QED) is 0.600. The molecule has 0 amide bonds. The highest BCUT2D eigenvalue weighted by atomic mass is 19.1. The second-order valence-corrected chi connectivity index (χ2v) is 3.34. The van der Waals surface area contributed by atoms with Gasteiger partial charge < -0.3 is 9.25 Å². The van der Waals surface area contributed by atoms with Crippen LogP contribution in [0.1, 0.15) is 18.2 Å². The molecule has 0 spiro atoms. The maximum atomic E-state index is 12.8. The Morgan fingerprint density at radius 3 is 2.65 bits per heavy atom. The average Bonchev–Trinajstić information content (AvgIpc) is 2.85. The van der Waals surface area contributed by atoms with Crippen LogP contribution in [0.2, 0.25) is 0 Å². The van der Waals surface area contributed by atoms with Gasteiger partial charge in [0, 0.05) is 5.56 Å². The van der Waals surface area contributed by atoms with Crippen molar-refractivity contribution in [2.75, 3.05) is 6.61 Å². The number of halogens is 1. The normalized spacial score (nSPS) is 11.5. The third-order valence-electron chi connectivity index (χ3n) is 2.16. The number of hydrogen-bond donors (Lipinski definition) is 0. The van der Waals surface area contributed by atoms with Crippen molar-refractivity contribution in [3.63, 3.8) is 0 Å². The molecule has 88 valence electrons. The maximum absolute atomic E-state index is 12.8. The summed E-state index contributed by atoms with van der Waals surface area (Å²) in [7, 11) is 0. The molecule has 0 radical (unpaired) electrons. The van der Waals surface area contributed by atoms with Crippen LogP contribution < -0.4 is 0 Å². The lowest BCUT2D eigenvalue weighted by molar-refractivity contribution is 0.159. The van der Waals surface area contributed by atoms with E-state index in [0.717, 1.165) is 5.56 Å². The number of benzene rings is 1. The van der Waals surface area contributed by atoms with Gasteiger partial charge in [0.1, 0.15) is 12.4 Å². The highest BCUT2D eigenvalue weighted by molar-refractivity contribution is 6.10. The topological polar surface area (TPSA) is 34.7 Å². The Kier molecular flexibility index (Phi) is 3.55. The van der Waals surface area contributed by atoms with Crippen LogP contribution in [-0.2, 0) is 4.84 Å². The Morgan fingerprint density at radius 2 is 2.06 bits per heavy atom. The molecular weight excluding hydrogens is 221 g/mol. The van der Waals surface area contributed by atoms with Crippen LogP contribution in [-0.4, -0.2) is 12.3 Å².